The van der Waals surface area contributed by atoms with Crippen LogP contribution in [0.3, 0.4) is 0 Å². The molecule has 4 nitrogen and oxygen atoms in total. The number of aromatic nitrogens is 2. The molecular weight excluding hydrogens is 267 g/mol. The molecule has 0 aliphatic heterocycles. The number of halogens is 1. The molecule has 21 heavy (non-hydrogen) atoms. The zero-order valence-electron chi connectivity index (χ0n) is 12.8. The van der Waals surface area contributed by atoms with Crippen LogP contribution in [0.4, 0.5) is 16.0 Å². The average Bonchev–Trinajstić information content (AvgIpc) is 2.37. The Morgan fingerprint density at radius 1 is 1.19 bits per heavy atom. The molecule has 1 aromatic heterocycles. The van der Waals surface area contributed by atoms with Crippen molar-refractivity contribution in [3.05, 3.63) is 47.5 Å². The van der Waals surface area contributed by atoms with Gasteiger partial charge in [-0.15, -0.1) is 0 Å². The van der Waals surface area contributed by atoms with Gasteiger partial charge in [0.1, 0.15) is 23.3 Å². The Morgan fingerprint density at radius 3 is 2.48 bits per heavy atom. The van der Waals surface area contributed by atoms with Crippen molar-refractivity contribution in [1.82, 2.24) is 9.97 Å². The summed E-state index contributed by atoms with van der Waals surface area (Å²) in [5, 5.41) is 3.18. The normalized spacial score (nSPS) is 13.0. The molecule has 0 spiro atoms. The quantitative estimate of drug-likeness (QED) is 0.904. The summed E-state index contributed by atoms with van der Waals surface area (Å²) in [5.74, 6) is 1.42. The van der Waals surface area contributed by atoms with Crippen LogP contribution in [0, 0.1) is 5.82 Å². The predicted octanol–water partition coefficient (Wildman–Crippen LogP) is 3.67. The van der Waals surface area contributed by atoms with Gasteiger partial charge in [0.15, 0.2) is 0 Å². The van der Waals surface area contributed by atoms with Gasteiger partial charge in [0, 0.05) is 17.0 Å². The highest BCUT2D eigenvalue weighted by Crippen LogP contribution is 2.24. The first-order valence-corrected chi connectivity index (χ1v) is 6.93. The van der Waals surface area contributed by atoms with Crippen LogP contribution in [-0.2, 0) is 5.41 Å². The highest BCUT2D eigenvalue weighted by Gasteiger charge is 2.19. The van der Waals surface area contributed by atoms with E-state index in [4.69, 9.17) is 5.73 Å². The molecule has 3 N–H and O–H groups in total. The van der Waals surface area contributed by atoms with Crippen LogP contribution in [0.5, 0.6) is 0 Å². The maximum atomic E-state index is 13.8. The number of benzene rings is 1. The summed E-state index contributed by atoms with van der Waals surface area (Å²) >= 11 is 0. The average molecular weight is 288 g/mol. The van der Waals surface area contributed by atoms with Crippen molar-refractivity contribution in [1.29, 1.82) is 0 Å². The second kappa shape index (κ2) is 5.68. The molecule has 1 aromatic carbocycles. The highest BCUT2D eigenvalue weighted by atomic mass is 19.1. The van der Waals surface area contributed by atoms with Gasteiger partial charge in [-0.25, -0.2) is 14.4 Å². The third-order valence-electron chi connectivity index (χ3n) is 3.15. The molecule has 1 heterocycles. The van der Waals surface area contributed by atoms with Crippen molar-refractivity contribution in [2.75, 3.05) is 11.1 Å². The molecule has 1 atom stereocenters. The third kappa shape index (κ3) is 3.68. The Hall–Kier alpha value is -2.17. The Kier molecular flexibility index (Phi) is 4.11. The minimum absolute atomic E-state index is 0.201. The second-order valence-corrected chi connectivity index (χ2v) is 6.14. The van der Waals surface area contributed by atoms with E-state index in [9.17, 15) is 4.39 Å². The van der Waals surface area contributed by atoms with Crippen molar-refractivity contribution >= 4 is 11.6 Å². The van der Waals surface area contributed by atoms with Gasteiger partial charge in [0.2, 0.25) is 0 Å². The van der Waals surface area contributed by atoms with Gasteiger partial charge in [-0.2, -0.15) is 0 Å². The molecule has 2 aromatic rings. The molecule has 0 radical (unpaired) electrons. The molecule has 112 valence electrons. The molecule has 0 amide bonds. The number of hydrogen-bond donors (Lipinski definition) is 2. The highest BCUT2D eigenvalue weighted by molar-refractivity contribution is 5.47. The van der Waals surface area contributed by atoms with E-state index in [1.54, 1.807) is 18.2 Å². The fourth-order valence-corrected chi connectivity index (χ4v) is 2.00. The fourth-order valence-electron chi connectivity index (χ4n) is 2.00. The van der Waals surface area contributed by atoms with Crippen molar-refractivity contribution in [3.63, 3.8) is 0 Å². The number of anilines is 2. The minimum atomic E-state index is -0.240. The van der Waals surface area contributed by atoms with Crippen LogP contribution in [0.1, 0.15) is 45.1 Å². The number of nitrogens with zero attached hydrogens (tertiary/aromatic N) is 2. The molecule has 0 aliphatic rings. The van der Waals surface area contributed by atoms with Crippen molar-refractivity contribution < 1.29 is 4.39 Å². The van der Waals surface area contributed by atoms with E-state index in [1.165, 1.54) is 6.07 Å². The summed E-state index contributed by atoms with van der Waals surface area (Å²) in [5.41, 5.74) is 6.22. The standard InChI is InChI=1S/C16H21FN4/c1-10(11-7-5-6-8-12(11)17)19-14-9-13(18)20-15(21-14)16(2,3)4/h5-10H,1-4H3,(H3,18,19,20,21). The zero-order valence-corrected chi connectivity index (χ0v) is 12.8. The van der Waals surface area contributed by atoms with Gasteiger partial charge in [-0.1, -0.05) is 39.0 Å². The van der Waals surface area contributed by atoms with Crippen LogP contribution in [0.25, 0.3) is 0 Å². The number of hydrogen-bond acceptors (Lipinski definition) is 4. The summed E-state index contributed by atoms with van der Waals surface area (Å²) in [6, 6.07) is 8.13. The van der Waals surface area contributed by atoms with Crippen LogP contribution in [0.15, 0.2) is 30.3 Å². The lowest BCUT2D eigenvalue weighted by Crippen LogP contribution is -2.19. The largest absolute Gasteiger partial charge is 0.384 e. The lowest BCUT2D eigenvalue weighted by molar-refractivity contribution is 0.546. The van der Waals surface area contributed by atoms with E-state index in [1.807, 2.05) is 33.8 Å². The Labute approximate surface area is 124 Å². The summed E-state index contributed by atoms with van der Waals surface area (Å²) in [4.78, 5) is 8.73. The van der Waals surface area contributed by atoms with Crippen LogP contribution >= 0.6 is 0 Å². The van der Waals surface area contributed by atoms with Crippen molar-refractivity contribution in [2.45, 2.75) is 39.2 Å². The van der Waals surface area contributed by atoms with Gasteiger partial charge < -0.3 is 11.1 Å². The Bertz CT molecular complexity index is 634. The molecule has 2 rings (SSSR count). The molecular formula is C16H21FN4. The topological polar surface area (TPSA) is 63.8 Å². The molecule has 0 bridgehead atoms. The minimum Gasteiger partial charge on any atom is -0.384 e. The van der Waals surface area contributed by atoms with E-state index in [0.29, 0.717) is 23.0 Å². The zero-order chi connectivity index (χ0) is 15.6. The van der Waals surface area contributed by atoms with E-state index in [-0.39, 0.29) is 17.3 Å². The molecule has 0 saturated carbocycles. The van der Waals surface area contributed by atoms with Gasteiger partial charge in [-0.3, -0.25) is 0 Å². The summed E-state index contributed by atoms with van der Waals surface area (Å²) in [6.07, 6.45) is 0. The Morgan fingerprint density at radius 2 is 1.86 bits per heavy atom. The lowest BCUT2D eigenvalue weighted by Gasteiger charge is -2.20. The second-order valence-electron chi connectivity index (χ2n) is 6.14. The van der Waals surface area contributed by atoms with E-state index < -0.39 is 0 Å². The van der Waals surface area contributed by atoms with Crippen molar-refractivity contribution in [2.24, 2.45) is 0 Å². The maximum Gasteiger partial charge on any atom is 0.138 e. The van der Waals surface area contributed by atoms with E-state index >= 15 is 0 Å². The van der Waals surface area contributed by atoms with Crippen LogP contribution < -0.4 is 11.1 Å². The molecule has 0 fully saturated rings. The van der Waals surface area contributed by atoms with Crippen LogP contribution in [-0.4, -0.2) is 9.97 Å². The van der Waals surface area contributed by atoms with Gasteiger partial charge >= 0.3 is 0 Å². The molecule has 1 unspecified atom stereocenters. The summed E-state index contributed by atoms with van der Waals surface area (Å²) in [7, 11) is 0. The van der Waals surface area contributed by atoms with Gasteiger partial charge in [0.05, 0.1) is 6.04 Å². The lowest BCUT2D eigenvalue weighted by atomic mass is 9.96. The molecule has 0 aliphatic carbocycles. The molecule has 5 heteroatoms. The third-order valence-corrected chi connectivity index (χ3v) is 3.15. The number of nitrogens with two attached hydrogens (primary N) is 1. The number of nitrogen functional groups attached to an aromatic ring is 1. The number of nitrogens with one attached hydrogen (secondary N) is 1. The monoisotopic (exact) mass is 288 g/mol. The Balaban J connectivity index is 2.28. The number of rotatable bonds is 3. The molecule has 0 saturated heterocycles. The van der Waals surface area contributed by atoms with Crippen molar-refractivity contribution in [3.8, 4) is 0 Å². The first-order valence-electron chi connectivity index (χ1n) is 6.93. The van der Waals surface area contributed by atoms with E-state index in [0.717, 1.165) is 0 Å². The predicted molar refractivity (Wildman–Crippen MR) is 83.6 cm³/mol. The first kappa shape index (κ1) is 15.2. The first-order chi connectivity index (χ1) is 9.77. The fraction of sp³-hybridized carbons (Fsp3) is 0.375. The van der Waals surface area contributed by atoms with Gasteiger partial charge in [0.25, 0.3) is 0 Å². The summed E-state index contributed by atoms with van der Waals surface area (Å²) < 4.78 is 13.8. The summed E-state index contributed by atoms with van der Waals surface area (Å²) in [6.45, 7) is 7.94. The van der Waals surface area contributed by atoms with Crippen LogP contribution in [0.2, 0.25) is 0 Å². The SMILES string of the molecule is CC(Nc1cc(N)nc(C(C)(C)C)n1)c1ccccc1F. The van der Waals surface area contributed by atoms with E-state index in [2.05, 4.69) is 15.3 Å². The maximum absolute atomic E-state index is 13.8. The van der Waals surface area contributed by atoms with Gasteiger partial charge in [-0.05, 0) is 13.0 Å². The smallest absolute Gasteiger partial charge is 0.138 e.